The van der Waals surface area contributed by atoms with Gasteiger partial charge in [-0.25, -0.2) is 28.8 Å². The van der Waals surface area contributed by atoms with Gasteiger partial charge < -0.3 is 0 Å². The second kappa shape index (κ2) is 5.16. The Labute approximate surface area is 96.5 Å². The average Bonchev–Trinajstić information content (AvgIpc) is 2.43. The number of carbonyl (C=O) groups excluding carboxylic acids is 6. The van der Waals surface area contributed by atoms with Crippen molar-refractivity contribution in [2.75, 3.05) is 0 Å². The summed E-state index contributed by atoms with van der Waals surface area (Å²) in [5.74, 6) is 7.23. The van der Waals surface area contributed by atoms with E-state index in [1.54, 1.807) is 0 Å². The highest BCUT2D eigenvalue weighted by molar-refractivity contribution is 5.68. The molecule has 0 heterocycles. The lowest BCUT2D eigenvalue weighted by atomic mass is 10.1. The zero-order valence-corrected chi connectivity index (χ0v) is 8.45. The number of rotatable bonds is 0. The first-order valence-corrected chi connectivity index (χ1v) is 4.22. The van der Waals surface area contributed by atoms with Gasteiger partial charge in [0.05, 0.1) is 31.3 Å². The first kappa shape index (κ1) is 12.8. The molecule has 0 N–H and O–H groups in total. The molecule has 0 bridgehead atoms. The molecule has 0 amide bonds. The SMILES string of the molecule is O=C=c1c(=C=O)c(=C=O)c(=C=O)c(=C=O)c1=C=O. The van der Waals surface area contributed by atoms with Crippen LogP contribution >= 0.6 is 0 Å². The van der Waals surface area contributed by atoms with Crippen LogP contribution < -0.4 is 31.3 Å². The molecule has 84 valence electrons. The molecule has 6 heteroatoms. The normalized spacial score (nSPS) is 8.00. The maximum atomic E-state index is 10.7. The van der Waals surface area contributed by atoms with E-state index in [9.17, 15) is 28.8 Å². The summed E-state index contributed by atoms with van der Waals surface area (Å²) in [6.45, 7) is 0. The van der Waals surface area contributed by atoms with E-state index in [2.05, 4.69) is 0 Å². The summed E-state index contributed by atoms with van der Waals surface area (Å²) in [7, 11) is 0. The third-order valence-corrected chi connectivity index (χ3v) is 2.11. The van der Waals surface area contributed by atoms with Gasteiger partial charge >= 0.3 is 0 Å². The number of benzene rings is 1. The van der Waals surface area contributed by atoms with Gasteiger partial charge in [-0.1, -0.05) is 0 Å². The van der Waals surface area contributed by atoms with Crippen molar-refractivity contribution in [3.8, 4) is 0 Å². The summed E-state index contributed by atoms with van der Waals surface area (Å²) < 4.78 is 0. The summed E-state index contributed by atoms with van der Waals surface area (Å²) in [5.41, 5.74) is 0. The van der Waals surface area contributed by atoms with Crippen LogP contribution in [-0.2, 0) is 28.8 Å². The Morgan fingerprint density at radius 2 is 0.444 bits per heavy atom. The molecule has 0 radical (unpaired) electrons. The summed E-state index contributed by atoms with van der Waals surface area (Å²) in [6.07, 6.45) is 0. The largest absolute Gasteiger partial charge is 0.233 e. The molecule has 0 aliphatic carbocycles. The highest BCUT2D eigenvalue weighted by Crippen LogP contribution is 1.26. The maximum absolute atomic E-state index is 10.7. The van der Waals surface area contributed by atoms with Crippen molar-refractivity contribution in [3.05, 3.63) is 31.3 Å². The predicted octanol–water partition coefficient (Wildman–Crippen LogP) is -7.29. The van der Waals surface area contributed by atoms with Crippen LogP contribution in [0.2, 0.25) is 0 Å². The van der Waals surface area contributed by atoms with Crippen molar-refractivity contribution in [3.63, 3.8) is 0 Å². The van der Waals surface area contributed by atoms with E-state index >= 15 is 0 Å². The van der Waals surface area contributed by atoms with Gasteiger partial charge in [0.15, 0.2) is 0 Å². The van der Waals surface area contributed by atoms with E-state index in [0.717, 1.165) is 0 Å². The van der Waals surface area contributed by atoms with Crippen molar-refractivity contribution < 1.29 is 28.8 Å². The minimum atomic E-state index is -0.698. The zero-order chi connectivity index (χ0) is 13.7. The summed E-state index contributed by atoms with van der Waals surface area (Å²) in [5, 5.41) is -4.19. The fourth-order valence-corrected chi connectivity index (χ4v) is 1.36. The lowest BCUT2D eigenvalue weighted by Gasteiger charge is -1.83. The molecule has 0 aliphatic rings. The van der Waals surface area contributed by atoms with E-state index in [4.69, 9.17) is 0 Å². The molecule has 1 aromatic rings. The first-order valence-electron chi connectivity index (χ1n) is 4.22. The van der Waals surface area contributed by atoms with Gasteiger partial charge in [-0.3, -0.25) is 0 Å². The fraction of sp³-hybridized carbons (Fsp3) is 0. The Kier molecular flexibility index (Phi) is 3.66. The molecule has 0 aliphatic heterocycles. The van der Waals surface area contributed by atoms with Crippen molar-refractivity contribution in [1.29, 1.82) is 0 Å². The molecule has 0 saturated carbocycles. The monoisotopic (exact) mass is 240 g/mol. The van der Waals surface area contributed by atoms with Gasteiger partial charge in [0.25, 0.3) is 0 Å². The molecule has 6 nitrogen and oxygen atoms in total. The molecule has 0 aromatic heterocycles. The van der Waals surface area contributed by atoms with E-state index in [1.807, 2.05) is 0 Å². The van der Waals surface area contributed by atoms with Crippen LogP contribution in [0.15, 0.2) is 0 Å². The third-order valence-electron chi connectivity index (χ3n) is 2.11. The lowest BCUT2D eigenvalue weighted by molar-refractivity contribution is 0.558. The summed E-state index contributed by atoms with van der Waals surface area (Å²) >= 11 is 0. The molecule has 0 atom stereocenters. The van der Waals surface area contributed by atoms with Crippen LogP contribution in [0.3, 0.4) is 0 Å². The molecular formula is C12O6. The van der Waals surface area contributed by atoms with Crippen LogP contribution in [0.1, 0.15) is 0 Å². The van der Waals surface area contributed by atoms with Crippen LogP contribution in [0, 0.1) is 0 Å². The molecular weight excluding hydrogens is 240 g/mol. The van der Waals surface area contributed by atoms with Gasteiger partial charge in [-0.2, -0.15) is 0 Å². The van der Waals surface area contributed by atoms with Gasteiger partial charge in [0.1, 0.15) is 35.6 Å². The standard InChI is InChI=1S/C12O6/c13-1-7-8(2-14)10(4-16)12(6-18)11(5-17)9(7)3-15. The van der Waals surface area contributed by atoms with Crippen molar-refractivity contribution in [2.45, 2.75) is 0 Å². The van der Waals surface area contributed by atoms with E-state index in [-0.39, 0.29) is 0 Å². The Balaban J connectivity index is 5.21. The molecule has 0 saturated heterocycles. The Bertz CT molecular complexity index is 769. The first-order chi connectivity index (χ1) is 8.69. The van der Waals surface area contributed by atoms with Crippen LogP contribution in [0.5, 0.6) is 0 Å². The lowest BCUT2D eigenvalue weighted by Crippen LogP contribution is -2.68. The quantitative estimate of drug-likeness (QED) is 0.446. The molecule has 0 spiro atoms. The number of hydrogen-bond acceptors (Lipinski definition) is 6. The third kappa shape index (κ3) is 1.63. The van der Waals surface area contributed by atoms with E-state index < -0.39 is 31.3 Å². The Morgan fingerprint density at radius 1 is 0.333 bits per heavy atom. The Morgan fingerprint density at radius 3 is 0.500 bits per heavy atom. The Hall–Kier alpha value is -3.30. The molecule has 18 heavy (non-hydrogen) atoms. The van der Waals surface area contributed by atoms with Crippen molar-refractivity contribution in [1.82, 2.24) is 0 Å². The van der Waals surface area contributed by atoms with Crippen LogP contribution in [-0.4, -0.2) is 35.6 Å². The second-order valence-electron chi connectivity index (χ2n) is 2.86. The van der Waals surface area contributed by atoms with Gasteiger partial charge in [0.2, 0.25) is 0 Å². The average molecular weight is 240 g/mol. The summed E-state index contributed by atoms with van der Waals surface area (Å²) in [4.78, 5) is 64.0. The molecule has 1 rings (SSSR count). The number of hydrogen-bond donors (Lipinski definition) is 0. The second-order valence-corrected chi connectivity index (χ2v) is 2.86. The minimum absolute atomic E-state index is 0.698. The zero-order valence-electron chi connectivity index (χ0n) is 8.45. The van der Waals surface area contributed by atoms with Crippen molar-refractivity contribution >= 4 is 35.6 Å². The topological polar surface area (TPSA) is 102 Å². The van der Waals surface area contributed by atoms with Crippen molar-refractivity contribution in [2.24, 2.45) is 0 Å². The van der Waals surface area contributed by atoms with Gasteiger partial charge in [-0.05, 0) is 0 Å². The van der Waals surface area contributed by atoms with Crippen LogP contribution in [0.4, 0.5) is 0 Å². The molecule has 0 unspecified atom stereocenters. The fourth-order valence-electron chi connectivity index (χ4n) is 1.36. The minimum Gasteiger partial charge on any atom is -0.233 e. The summed E-state index contributed by atoms with van der Waals surface area (Å²) in [6, 6.07) is 0. The van der Waals surface area contributed by atoms with Gasteiger partial charge in [-0.15, -0.1) is 0 Å². The highest BCUT2D eigenvalue weighted by atomic mass is 16.1. The van der Waals surface area contributed by atoms with Gasteiger partial charge in [0, 0.05) is 0 Å². The van der Waals surface area contributed by atoms with Crippen LogP contribution in [0.25, 0.3) is 0 Å². The predicted molar refractivity (Wildman–Crippen MR) is 53.0 cm³/mol. The van der Waals surface area contributed by atoms with E-state index in [0.29, 0.717) is 0 Å². The smallest absolute Gasteiger partial charge is 0.135 e. The van der Waals surface area contributed by atoms with E-state index in [1.165, 1.54) is 35.6 Å². The molecule has 1 aromatic carbocycles. The molecule has 0 fully saturated rings. The highest BCUT2D eigenvalue weighted by Gasteiger charge is 2.04. The maximum Gasteiger partial charge on any atom is 0.135 e.